The monoisotopic (exact) mass is 391 g/mol. The van der Waals surface area contributed by atoms with Gasteiger partial charge in [0.05, 0.1) is 35.7 Å². The van der Waals surface area contributed by atoms with Gasteiger partial charge >= 0.3 is 0 Å². The van der Waals surface area contributed by atoms with Crippen LogP contribution in [0.2, 0.25) is 0 Å². The van der Waals surface area contributed by atoms with E-state index in [4.69, 9.17) is 15.2 Å². The van der Waals surface area contributed by atoms with Crippen LogP contribution >= 0.6 is 0 Å². The van der Waals surface area contributed by atoms with Crippen LogP contribution in [0.3, 0.4) is 0 Å². The number of hydrogen-bond donors (Lipinski definition) is 1. The summed E-state index contributed by atoms with van der Waals surface area (Å²) in [5, 5.41) is -0.534. The van der Waals surface area contributed by atoms with Crippen molar-refractivity contribution in [3.63, 3.8) is 0 Å². The van der Waals surface area contributed by atoms with Gasteiger partial charge < -0.3 is 20.1 Å². The first-order valence-corrected chi connectivity index (χ1v) is 10.3. The highest BCUT2D eigenvalue weighted by Crippen LogP contribution is 2.29. The Balaban J connectivity index is 1.79. The lowest BCUT2D eigenvalue weighted by Gasteiger charge is -2.28. The average Bonchev–Trinajstić information content (AvgIpc) is 3.25. The molecule has 0 aromatic carbocycles. The van der Waals surface area contributed by atoms with E-state index in [0.29, 0.717) is 56.4 Å². The van der Waals surface area contributed by atoms with Gasteiger partial charge in [-0.2, -0.15) is 0 Å². The molecule has 10 heteroatoms. The Hall–Kier alpha value is -2.30. The molecule has 2 saturated heterocycles. The SMILES string of the molecule is Nc1ncc(-c2cc(S(=O)(=O)[C@H]3CCOC3)cc(N3CCOCC3)n2)cn1. The van der Waals surface area contributed by atoms with Crippen LogP contribution in [0.15, 0.2) is 29.4 Å². The molecule has 2 aliphatic rings. The van der Waals surface area contributed by atoms with Crippen molar-refractivity contribution in [1.29, 1.82) is 0 Å². The molecule has 2 fully saturated rings. The molecule has 4 heterocycles. The van der Waals surface area contributed by atoms with Crippen molar-refractivity contribution in [2.24, 2.45) is 0 Å². The van der Waals surface area contributed by atoms with Crippen molar-refractivity contribution >= 4 is 21.6 Å². The van der Waals surface area contributed by atoms with E-state index < -0.39 is 15.1 Å². The van der Waals surface area contributed by atoms with Gasteiger partial charge in [0.2, 0.25) is 5.95 Å². The summed E-state index contributed by atoms with van der Waals surface area (Å²) in [5.41, 5.74) is 6.67. The minimum absolute atomic E-state index is 0.152. The van der Waals surface area contributed by atoms with Gasteiger partial charge in [0.1, 0.15) is 5.82 Å². The van der Waals surface area contributed by atoms with E-state index in [0.717, 1.165) is 0 Å². The molecule has 0 radical (unpaired) electrons. The fourth-order valence-corrected chi connectivity index (χ4v) is 4.79. The number of pyridine rings is 1. The van der Waals surface area contributed by atoms with Gasteiger partial charge in [-0.3, -0.25) is 0 Å². The van der Waals surface area contributed by atoms with E-state index in [1.54, 1.807) is 24.5 Å². The van der Waals surface area contributed by atoms with Gasteiger partial charge in [0, 0.05) is 37.7 Å². The number of nitrogens with two attached hydrogens (primary N) is 1. The summed E-state index contributed by atoms with van der Waals surface area (Å²) in [6.45, 7) is 3.15. The van der Waals surface area contributed by atoms with Crippen molar-refractivity contribution in [2.75, 3.05) is 50.2 Å². The maximum Gasteiger partial charge on any atom is 0.219 e. The number of morpholine rings is 1. The molecule has 4 rings (SSSR count). The second-order valence-electron chi connectivity index (χ2n) is 6.51. The highest BCUT2D eigenvalue weighted by atomic mass is 32.2. The molecule has 2 N–H and O–H groups in total. The van der Waals surface area contributed by atoms with E-state index in [1.807, 2.05) is 4.90 Å². The number of sulfone groups is 1. The predicted octanol–water partition coefficient (Wildman–Crippen LogP) is 0.520. The second kappa shape index (κ2) is 7.37. The van der Waals surface area contributed by atoms with Crippen LogP contribution in [0.5, 0.6) is 0 Å². The second-order valence-corrected chi connectivity index (χ2v) is 8.73. The zero-order valence-electron chi connectivity index (χ0n) is 14.7. The normalized spacial score (nSPS) is 20.7. The lowest BCUT2D eigenvalue weighted by molar-refractivity contribution is 0.122. The van der Waals surface area contributed by atoms with Crippen molar-refractivity contribution in [3.05, 3.63) is 24.5 Å². The molecule has 0 unspecified atom stereocenters. The van der Waals surface area contributed by atoms with Crippen LogP contribution < -0.4 is 10.6 Å². The minimum atomic E-state index is -3.53. The molecule has 0 spiro atoms. The minimum Gasteiger partial charge on any atom is -0.380 e. The molecule has 2 aromatic heterocycles. The molecule has 144 valence electrons. The largest absolute Gasteiger partial charge is 0.380 e. The molecular formula is C17H21N5O4S. The fourth-order valence-electron chi connectivity index (χ4n) is 3.18. The zero-order chi connectivity index (χ0) is 18.9. The van der Waals surface area contributed by atoms with Crippen LogP contribution in [-0.2, 0) is 19.3 Å². The fraction of sp³-hybridized carbons (Fsp3) is 0.471. The molecule has 2 aliphatic heterocycles. The molecule has 0 bridgehead atoms. The summed E-state index contributed by atoms with van der Waals surface area (Å²) in [6, 6.07) is 3.22. The summed E-state index contributed by atoms with van der Waals surface area (Å²) in [7, 11) is -3.53. The van der Waals surface area contributed by atoms with Crippen molar-refractivity contribution in [2.45, 2.75) is 16.6 Å². The quantitative estimate of drug-likeness (QED) is 0.795. The zero-order valence-corrected chi connectivity index (χ0v) is 15.6. The maximum atomic E-state index is 13.1. The van der Waals surface area contributed by atoms with E-state index in [9.17, 15) is 8.42 Å². The molecule has 0 aliphatic carbocycles. The molecule has 0 saturated carbocycles. The Morgan fingerprint density at radius 1 is 1.07 bits per heavy atom. The average molecular weight is 391 g/mol. The number of aromatic nitrogens is 3. The number of rotatable bonds is 4. The van der Waals surface area contributed by atoms with Gasteiger partial charge in [0.15, 0.2) is 9.84 Å². The van der Waals surface area contributed by atoms with Crippen LogP contribution in [0.4, 0.5) is 11.8 Å². The van der Waals surface area contributed by atoms with E-state index in [2.05, 4.69) is 15.0 Å². The van der Waals surface area contributed by atoms with Gasteiger partial charge in [-0.25, -0.2) is 23.4 Å². The highest BCUT2D eigenvalue weighted by molar-refractivity contribution is 7.92. The molecule has 1 atom stereocenters. The summed E-state index contributed by atoms with van der Waals surface area (Å²) >= 11 is 0. The summed E-state index contributed by atoms with van der Waals surface area (Å²) in [4.78, 5) is 14.9. The Morgan fingerprint density at radius 2 is 1.81 bits per heavy atom. The predicted molar refractivity (Wildman–Crippen MR) is 99.1 cm³/mol. The maximum absolute atomic E-state index is 13.1. The summed E-state index contributed by atoms with van der Waals surface area (Å²) < 4.78 is 36.9. The van der Waals surface area contributed by atoms with E-state index >= 15 is 0 Å². The van der Waals surface area contributed by atoms with Crippen molar-refractivity contribution in [1.82, 2.24) is 15.0 Å². The van der Waals surface area contributed by atoms with Crippen molar-refractivity contribution < 1.29 is 17.9 Å². The summed E-state index contributed by atoms with van der Waals surface area (Å²) in [6.07, 6.45) is 3.59. The van der Waals surface area contributed by atoms with Crippen molar-refractivity contribution in [3.8, 4) is 11.3 Å². The van der Waals surface area contributed by atoms with Gasteiger partial charge in [-0.05, 0) is 18.6 Å². The highest BCUT2D eigenvalue weighted by Gasteiger charge is 2.32. The molecule has 9 nitrogen and oxygen atoms in total. The van der Waals surface area contributed by atoms with Crippen LogP contribution in [0.25, 0.3) is 11.3 Å². The first kappa shape index (κ1) is 18.1. The third-order valence-electron chi connectivity index (χ3n) is 4.74. The third-order valence-corrected chi connectivity index (χ3v) is 6.89. The molecule has 27 heavy (non-hydrogen) atoms. The summed E-state index contributed by atoms with van der Waals surface area (Å²) in [5.74, 6) is 0.754. The van der Waals surface area contributed by atoms with E-state index in [-0.39, 0.29) is 17.5 Å². The number of ether oxygens (including phenoxy) is 2. The molecular weight excluding hydrogens is 370 g/mol. The topological polar surface area (TPSA) is 121 Å². The lowest BCUT2D eigenvalue weighted by Crippen LogP contribution is -2.37. The third kappa shape index (κ3) is 3.73. The van der Waals surface area contributed by atoms with Crippen LogP contribution in [-0.4, -0.2) is 68.1 Å². The number of nitrogen functional groups attached to an aromatic ring is 1. The Bertz CT molecular complexity index is 907. The Labute approximate surface area is 157 Å². The lowest BCUT2D eigenvalue weighted by atomic mass is 10.2. The smallest absolute Gasteiger partial charge is 0.219 e. The molecule has 2 aromatic rings. The van der Waals surface area contributed by atoms with E-state index in [1.165, 1.54) is 0 Å². The number of nitrogens with zero attached hydrogens (tertiary/aromatic N) is 4. The van der Waals surface area contributed by atoms with Gasteiger partial charge in [-0.15, -0.1) is 0 Å². The first-order chi connectivity index (χ1) is 13.0. The number of anilines is 2. The van der Waals surface area contributed by atoms with Crippen LogP contribution in [0.1, 0.15) is 6.42 Å². The van der Waals surface area contributed by atoms with Gasteiger partial charge in [-0.1, -0.05) is 0 Å². The Morgan fingerprint density at radius 3 is 2.48 bits per heavy atom. The first-order valence-electron chi connectivity index (χ1n) is 8.78. The van der Waals surface area contributed by atoms with Crippen LogP contribution in [0, 0.1) is 0 Å². The Kier molecular flexibility index (Phi) is 4.94. The molecule has 0 amide bonds. The van der Waals surface area contributed by atoms with Gasteiger partial charge in [0.25, 0.3) is 0 Å². The standard InChI is InChI=1S/C17H21N5O4S/c18-17-19-9-12(10-20-17)15-7-14(27(23,24)13-1-4-26-11-13)8-16(21-15)22-2-5-25-6-3-22/h7-10,13H,1-6,11H2,(H2,18,19,20)/t13-/m0/s1. The number of hydrogen-bond acceptors (Lipinski definition) is 9.